The van der Waals surface area contributed by atoms with Crippen LogP contribution in [-0.4, -0.2) is 10.9 Å². The summed E-state index contributed by atoms with van der Waals surface area (Å²) in [5.41, 5.74) is 10.4. The molecule has 1 heterocycles. The summed E-state index contributed by atoms with van der Waals surface area (Å²) < 4.78 is 14.5. The Morgan fingerprint density at radius 2 is 1.82 bits per heavy atom. The van der Waals surface area contributed by atoms with Crippen LogP contribution in [0.15, 0.2) is 60.8 Å². The number of nitrogens with one attached hydrogen (secondary N) is 1. The van der Waals surface area contributed by atoms with Crippen molar-refractivity contribution in [3.63, 3.8) is 0 Å². The van der Waals surface area contributed by atoms with Crippen LogP contribution in [0.5, 0.6) is 0 Å². The molecule has 0 radical (unpaired) electrons. The zero-order valence-electron chi connectivity index (χ0n) is 15.7. The fourth-order valence-corrected chi connectivity index (χ4v) is 3.66. The van der Waals surface area contributed by atoms with Gasteiger partial charge in [-0.1, -0.05) is 42.5 Å². The zero-order chi connectivity index (χ0) is 19.7. The van der Waals surface area contributed by atoms with Gasteiger partial charge in [0.2, 0.25) is 5.91 Å². The van der Waals surface area contributed by atoms with Crippen molar-refractivity contribution in [2.45, 2.75) is 31.7 Å². The van der Waals surface area contributed by atoms with Crippen LogP contribution in [0.4, 0.5) is 10.1 Å². The minimum Gasteiger partial charge on any atom is -0.325 e. The number of benzene rings is 2. The number of nitrogens with zero attached hydrogens (tertiary/aromatic N) is 1. The van der Waals surface area contributed by atoms with Gasteiger partial charge in [-0.05, 0) is 37.0 Å². The standard InChI is InChI=1S/C23H22FN3O/c1-15(28)27-18-13-20(19-5-2-3-6-21(19)24)22(26-14-18)16-7-9-17(10-8-16)23(25)11-4-12-23/h2-3,5-10,13-14H,4,11-12,25H2,1H3,(H,27,28). The van der Waals surface area contributed by atoms with E-state index in [9.17, 15) is 9.18 Å². The molecule has 0 unspecified atom stereocenters. The van der Waals surface area contributed by atoms with Gasteiger partial charge in [-0.25, -0.2) is 4.39 Å². The molecule has 1 saturated carbocycles. The molecule has 0 atom stereocenters. The van der Waals surface area contributed by atoms with Gasteiger partial charge in [-0.2, -0.15) is 0 Å². The van der Waals surface area contributed by atoms with Crippen molar-refractivity contribution < 1.29 is 9.18 Å². The van der Waals surface area contributed by atoms with Gasteiger partial charge in [-0.3, -0.25) is 9.78 Å². The van der Waals surface area contributed by atoms with Crippen molar-refractivity contribution in [2.75, 3.05) is 5.32 Å². The molecule has 0 aliphatic heterocycles. The molecule has 3 N–H and O–H groups in total. The zero-order valence-corrected chi connectivity index (χ0v) is 15.7. The molecular weight excluding hydrogens is 353 g/mol. The van der Waals surface area contributed by atoms with E-state index in [1.807, 2.05) is 24.3 Å². The number of hydrogen-bond donors (Lipinski definition) is 2. The summed E-state index contributed by atoms with van der Waals surface area (Å²) in [7, 11) is 0. The molecule has 28 heavy (non-hydrogen) atoms. The highest BCUT2D eigenvalue weighted by Gasteiger charge is 2.34. The number of nitrogens with two attached hydrogens (primary N) is 1. The van der Waals surface area contributed by atoms with E-state index in [1.165, 1.54) is 13.0 Å². The minimum absolute atomic E-state index is 0.202. The largest absolute Gasteiger partial charge is 0.325 e. The molecule has 1 amide bonds. The molecule has 4 rings (SSSR count). The number of aromatic nitrogens is 1. The van der Waals surface area contributed by atoms with Crippen molar-refractivity contribution in [1.82, 2.24) is 4.98 Å². The second-order valence-corrected chi connectivity index (χ2v) is 7.37. The predicted octanol–water partition coefficient (Wildman–Crippen LogP) is 4.85. The number of pyridine rings is 1. The van der Waals surface area contributed by atoms with Crippen LogP contribution in [0, 0.1) is 5.82 Å². The molecule has 0 bridgehead atoms. The Morgan fingerprint density at radius 3 is 2.43 bits per heavy atom. The maximum atomic E-state index is 14.5. The van der Waals surface area contributed by atoms with Gasteiger partial charge >= 0.3 is 0 Å². The minimum atomic E-state index is -0.336. The molecule has 5 heteroatoms. The van der Waals surface area contributed by atoms with Crippen LogP contribution in [-0.2, 0) is 10.3 Å². The average molecular weight is 375 g/mol. The van der Waals surface area contributed by atoms with E-state index < -0.39 is 0 Å². The van der Waals surface area contributed by atoms with Gasteiger partial charge < -0.3 is 11.1 Å². The van der Waals surface area contributed by atoms with Crippen LogP contribution < -0.4 is 11.1 Å². The van der Waals surface area contributed by atoms with Gasteiger partial charge in [0, 0.05) is 29.2 Å². The Morgan fingerprint density at radius 1 is 1.11 bits per heavy atom. The van der Waals surface area contributed by atoms with E-state index in [0.717, 1.165) is 30.4 Å². The van der Waals surface area contributed by atoms with Crippen LogP contribution in [0.2, 0.25) is 0 Å². The molecule has 0 saturated heterocycles. The summed E-state index contributed by atoms with van der Waals surface area (Å²) in [6.07, 6.45) is 4.74. The van der Waals surface area contributed by atoms with Gasteiger partial charge in [0.25, 0.3) is 0 Å². The third-order valence-electron chi connectivity index (χ3n) is 5.35. The lowest BCUT2D eigenvalue weighted by Gasteiger charge is -2.38. The third-order valence-corrected chi connectivity index (χ3v) is 5.35. The second-order valence-electron chi connectivity index (χ2n) is 7.37. The monoisotopic (exact) mass is 375 g/mol. The first-order valence-corrected chi connectivity index (χ1v) is 9.39. The van der Waals surface area contributed by atoms with E-state index in [1.54, 1.807) is 30.5 Å². The van der Waals surface area contributed by atoms with Crippen molar-refractivity contribution in [3.8, 4) is 22.4 Å². The molecule has 1 aliphatic carbocycles. The average Bonchev–Trinajstić information content (AvgIpc) is 2.66. The lowest BCUT2D eigenvalue weighted by Crippen LogP contribution is -2.43. The van der Waals surface area contributed by atoms with Gasteiger partial charge in [-0.15, -0.1) is 0 Å². The predicted molar refractivity (Wildman–Crippen MR) is 109 cm³/mol. The number of hydrogen-bond acceptors (Lipinski definition) is 3. The van der Waals surface area contributed by atoms with Crippen LogP contribution in [0.1, 0.15) is 31.7 Å². The highest BCUT2D eigenvalue weighted by molar-refractivity contribution is 5.91. The van der Waals surface area contributed by atoms with Crippen molar-refractivity contribution in [2.24, 2.45) is 5.73 Å². The summed E-state index contributed by atoms with van der Waals surface area (Å²) in [6.45, 7) is 1.43. The summed E-state index contributed by atoms with van der Waals surface area (Å²) >= 11 is 0. The van der Waals surface area contributed by atoms with E-state index in [-0.39, 0.29) is 17.3 Å². The Bertz CT molecular complexity index is 1030. The second kappa shape index (κ2) is 7.17. The molecular formula is C23H22FN3O. The van der Waals surface area contributed by atoms with Crippen molar-refractivity contribution >= 4 is 11.6 Å². The lowest BCUT2D eigenvalue weighted by atomic mass is 9.72. The fourth-order valence-electron chi connectivity index (χ4n) is 3.66. The van der Waals surface area contributed by atoms with Gasteiger partial charge in [0.05, 0.1) is 17.6 Å². The third kappa shape index (κ3) is 3.41. The number of anilines is 1. The Labute approximate surface area is 163 Å². The van der Waals surface area contributed by atoms with Crippen LogP contribution in [0.3, 0.4) is 0 Å². The molecule has 1 fully saturated rings. The SMILES string of the molecule is CC(=O)Nc1cnc(-c2ccc(C3(N)CCC3)cc2)c(-c2ccccc2F)c1. The lowest BCUT2D eigenvalue weighted by molar-refractivity contribution is -0.114. The quantitative estimate of drug-likeness (QED) is 0.685. The normalized spacial score (nSPS) is 15.0. The smallest absolute Gasteiger partial charge is 0.221 e. The maximum absolute atomic E-state index is 14.5. The fraction of sp³-hybridized carbons (Fsp3) is 0.217. The Balaban J connectivity index is 1.79. The highest BCUT2D eigenvalue weighted by atomic mass is 19.1. The topological polar surface area (TPSA) is 68.0 Å². The molecule has 3 aromatic rings. The number of amides is 1. The first-order valence-electron chi connectivity index (χ1n) is 9.39. The molecule has 1 aromatic heterocycles. The van der Waals surface area contributed by atoms with Gasteiger partial charge in [0.15, 0.2) is 0 Å². The number of rotatable bonds is 4. The molecule has 142 valence electrons. The van der Waals surface area contributed by atoms with Crippen LogP contribution in [0.25, 0.3) is 22.4 Å². The van der Waals surface area contributed by atoms with E-state index in [2.05, 4.69) is 10.3 Å². The number of halogens is 1. The van der Waals surface area contributed by atoms with E-state index in [0.29, 0.717) is 22.5 Å². The summed E-state index contributed by atoms with van der Waals surface area (Å²) in [5, 5.41) is 2.72. The molecule has 2 aromatic carbocycles. The summed E-state index contributed by atoms with van der Waals surface area (Å²) in [5.74, 6) is -0.537. The molecule has 0 spiro atoms. The Hall–Kier alpha value is -3.05. The maximum Gasteiger partial charge on any atom is 0.221 e. The first kappa shape index (κ1) is 18.3. The van der Waals surface area contributed by atoms with E-state index in [4.69, 9.17) is 5.73 Å². The first-order chi connectivity index (χ1) is 13.5. The summed E-state index contributed by atoms with van der Waals surface area (Å²) in [6, 6.07) is 16.3. The number of carbonyl (C=O) groups excluding carboxylic acids is 1. The van der Waals surface area contributed by atoms with Gasteiger partial charge in [0.1, 0.15) is 5.82 Å². The van der Waals surface area contributed by atoms with E-state index >= 15 is 0 Å². The Kier molecular flexibility index (Phi) is 4.69. The van der Waals surface area contributed by atoms with Crippen molar-refractivity contribution in [1.29, 1.82) is 0 Å². The van der Waals surface area contributed by atoms with Crippen molar-refractivity contribution in [3.05, 3.63) is 72.2 Å². The van der Waals surface area contributed by atoms with Crippen LogP contribution >= 0.6 is 0 Å². The molecule has 1 aliphatic rings. The molecule has 4 nitrogen and oxygen atoms in total. The highest BCUT2D eigenvalue weighted by Crippen LogP contribution is 2.40. The summed E-state index contributed by atoms with van der Waals surface area (Å²) in [4.78, 5) is 16.0. The number of carbonyl (C=O) groups is 1.